The molecule has 0 spiro atoms. The van der Waals surface area contributed by atoms with Gasteiger partial charge in [0.1, 0.15) is 0 Å². The Balaban J connectivity index is 2.53. The molecule has 1 aliphatic heterocycles. The summed E-state index contributed by atoms with van der Waals surface area (Å²) in [7, 11) is 0. The van der Waals surface area contributed by atoms with E-state index < -0.39 is 0 Å². The molecule has 1 heterocycles. The van der Waals surface area contributed by atoms with Gasteiger partial charge in [-0.1, -0.05) is 6.07 Å². The van der Waals surface area contributed by atoms with Crippen molar-refractivity contribution >= 4 is 11.9 Å². The van der Waals surface area contributed by atoms with Crippen molar-refractivity contribution < 1.29 is 0 Å². The maximum absolute atomic E-state index is 5.64. The second-order valence-corrected chi connectivity index (χ2v) is 2.74. The third-order valence-electron chi connectivity index (χ3n) is 1.91. The third kappa shape index (κ3) is 1.11. The molecule has 11 heavy (non-hydrogen) atoms. The van der Waals surface area contributed by atoms with Crippen LogP contribution < -0.4 is 5.73 Å². The van der Waals surface area contributed by atoms with E-state index in [0.717, 1.165) is 18.7 Å². The monoisotopic (exact) mass is 146 g/mol. The molecule has 2 N–H and O–H groups in total. The van der Waals surface area contributed by atoms with E-state index in [4.69, 9.17) is 5.73 Å². The largest absolute Gasteiger partial charge is 0.399 e. The van der Waals surface area contributed by atoms with Crippen molar-refractivity contribution in [2.75, 3.05) is 12.3 Å². The summed E-state index contributed by atoms with van der Waals surface area (Å²) in [4.78, 5) is 4.18. The Hall–Kier alpha value is -1.31. The smallest absolute Gasteiger partial charge is 0.0430 e. The number of anilines is 1. The second kappa shape index (κ2) is 2.38. The minimum absolute atomic E-state index is 0.846. The molecular formula is C9H10N2. The number of rotatable bonds is 0. The van der Waals surface area contributed by atoms with Gasteiger partial charge in [0.25, 0.3) is 0 Å². The summed E-state index contributed by atoms with van der Waals surface area (Å²) in [5, 5.41) is 0. The van der Waals surface area contributed by atoms with Gasteiger partial charge in [-0.3, -0.25) is 4.99 Å². The van der Waals surface area contributed by atoms with E-state index in [-0.39, 0.29) is 0 Å². The van der Waals surface area contributed by atoms with Gasteiger partial charge in [0.15, 0.2) is 0 Å². The normalized spacial score (nSPS) is 14.5. The zero-order chi connectivity index (χ0) is 7.68. The summed E-state index contributed by atoms with van der Waals surface area (Å²) in [6.07, 6.45) is 2.94. The first-order valence-electron chi connectivity index (χ1n) is 3.74. The van der Waals surface area contributed by atoms with Crippen LogP contribution in [0.1, 0.15) is 11.1 Å². The first-order valence-corrected chi connectivity index (χ1v) is 3.74. The van der Waals surface area contributed by atoms with E-state index in [2.05, 4.69) is 4.99 Å². The van der Waals surface area contributed by atoms with Gasteiger partial charge in [-0.15, -0.1) is 0 Å². The molecule has 0 unspecified atom stereocenters. The number of aliphatic imine (C=N–C) groups is 1. The molecule has 0 saturated heterocycles. The van der Waals surface area contributed by atoms with Crippen molar-refractivity contribution in [1.29, 1.82) is 0 Å². The number of fused-ring (bicyclic) bond motifs is 1. The Morgan fingerprint density at radius 2 is 2.27 bits per heavy atom. The van der Waals surface area contributed by atoms with E-state index in [1.807, 2.05) is 24.4 Å². The number of hydrogen-bond acceptors (Lipinski definition) is 2. The summed E-state index contributed by atoms with van der Waals surface area (Å²) in [6, 6.07) is 5.96. The molecule has 1 aromatic carbocycles. The van der Waals surface area contributed by atoms with Crippen LogP contribution in [0.15, 0.2) is 23.2 Å². The van der Waals surface area contributed by atoms with Gasteiger partial charge < -0.3 is 5.73 Å². The highest BCUT2D eigenvalue weighted by molar-refractivity contribution is 5.83. The van der Waals surface area contributed by atoms with Crippen LogP contribution in [0.2, 0.25) is 0 Å². The SMILES string of the molecule is Nc1ccc2c(c1)CCN=C2. The summed E-state index contributed by atoms with van der Waals surface area (Å²) in [6.45, 7) is 0.899. The highest BCUT2D eigenvalue weighted by atomic mass is 14.7. The Bertz CT molecular complexity index is 302. The molecule has 0 saturated carbocycles. The topological polar surface area (TPSA) is 38.4 Å². The third-order valence-corrected chi connectivity index (χ3v) is 1.91. The van der Waals surface area contributed by atoms with Crippen LogP contribution in [0.25, 0.3) is 0 Å². The fourth-order valence-electron chi connectivity index (χ4n) is 1.32. The number of nitrogen functional groups attached to an aromatic ring is 1. The fraction of sp³-hybridized carbons (Fsp3) is 0.222. The van der Waals surface area contributed by atoms with Crippen molar-refractivity contribution in [3.63, 3.8) is 0 Å². The molecule has 0 fully saturated rings. The molecule has 0 radical (unpaired) electrons. The Kier molecular flexibility index (Phi) is 1.39. The molecule has 1 aliphatic rings. The number of nitrogens with two attached hydrogens (primary N) is 1. The molecule has 0 amide bonds. The molecule has 1 aromatic rings. The number of benzene rings is 1. The van der Waals surface area contributed by atoms with Crippen LogP contribution in [0.4, 0.5) is 5.69 Å². The minimum atomic E-state index is 0.846. The lowest BCUT2D eigenvalue weighted by atomic mass is 10.0. The van der Waals surface area contributed by atoms with Gasteiger partial charge >= 0.3 is 0 Å². The molecule has 0 aromatic heterocycles. The van der Waals surface area contributed by atoms with Gasteiger partial charge in [-0.25, -0.2) is 0 Å². The van der Waals surface area contributed by atoms with E-state index in [1.165, 1.54) is 11.1 Å². The molecule has 0 bridgehead atoms. The van der Waals surface area contributed by atoms with Crippen LogP contribution in [0, 0.1) is 0 Å². The average Bonchev–Trinajstić information content (AvgIpc) is 2.04. The maximum atomic E-state index is 5.64. The van der Waals surface area contributed by atoms with Crippen LogP contribution in [-0.2, 0) is 6.42 Å². The molecule has 0 atom stereocenters. The Labute approximate surface area is 65.8 Å². The Morgan fingerprint density at radius 1 is 1.36 bits per heavy atom. The van der Waals surface area contributed by atoms with Gasteiger partial charge in [0, 0.05) is 18.4 Å². The first-order chi connectivity index (χ1) is 5.36. The molecule has 2 heteroatoms. The number of hydrogen-bond donors (Lipinski definition) is 1. The van der Waals surface area contributed by atoms with Gasteiger partial charge in [-0.05, 0) is 29.7 Å². The van der Waals surface area contributed by atoms with Crippen LogP contribution in [0.5, 0.6) is 0 Å². The zero-order valence-corrected chi connectivity index (χ0v) is 6.25. The predicted octanol–water partition coefficient (Wildman–Crippen LogP) is 1.24. The first kappa shape index (κ1) is 6.40. The molecule has 56 valence electrons. The quantitative estimate of drug-likeness (QED) is 0.549. The Morgan fingerprint density at radius 3 is 3.18 bits per heavy atom. The lowest BCUT2D eigenvalue weighted by Gasteiger charge is -2.09. The molecule has 0 aliphatic carbocycles. The summed E-state index contributed by atoms with van der Waals surface area (Å²) >= 11 is 0. The van der Waals surface area contributed by atoms with Crippen molar-refractivity contribution in [3.8, 4) is 0 Å². The lowest BCUT2D eigenvalue weighted by molar-refractivity contribution is 0.953. The molecule has 2 rings (SSSR count). The van der Waals surface area contributed by atoms with Gasteiger partial charge in [0.2, 0.25) is 0 Å². The highest BCUT2D eigenvalue weighted by Gasteiger charge is 2.03. The van der Waals surface area contributed by atoms with Crippen molar-refractivity contribution in [3.05, 3.63) is 29.3 Å². The van der Waals surface area contributed by atoms with Gasteiger partial charge in [-0.2, -0.15) is 0 Å². The van der Waals surface area contributed by atoms with Crippen molar-refractivity contribution in [2.45, 2.75) is 6.42 Å². The molecule has 2 nitrogen and oxygen atoms in total. The fourth-order valence-corrected chi connectivity index (χ4v) is 1.32. The van der Waals surface area contributed by atoms with Crippen molar-refractivity contribution in [1.82, 2.24) is 0 Å². The van der Waals surface area contributed by atoms with Crippen molar-refractivity contribution in [2.24, 2.45) is 4.99 Å². The zero-order valence-electron chi connectivity index (χ0n) is 6.25. The average molecular weight is 146 g/mol. The standard InChI is InChI=1S/C9H10N2/c10-9-2-1-8-6-11-4-3-7(8)5-9/h1-2,5-6H,3-4,10H2. The van der Waals surface area contributed by atoms with E-state index in [9.17, 15) is 0 Å². The summed E-state index contributed by atoms with van der Waals surface area (Å²) in [5.74, 6) is 0. The van der Waals surface area contributed by atoms with E-state index in [0.29, 0.717) is 0 Å². The van der Waals surface area contributed by atoms with Gasteiger partial charge in [0.05, 0.1) is 0 Å². The molecular weight excluding hydrogens is 136 g/mol. The lowest BCUT2D eigenvalue weighted by Crippen LogP contribution is -2.03. The van der Waals surface area contributed by atoms with E-state index >= 15 is 0 Å². The number of nitrogens with zero attached hydrogens (tertiary/aromatic N) is 1. The van der Waals surface area contributed by atoms with Crippen LogP contribution >= 0.6 is 0 Å². The predicted molar refractivity (Wildman–Crippen MR) is 47.0 cm³/mol. The van der Waals surface area contributed by atoms with E-state index in [1.54, 1.807) is 0 Å². The second-order valence-electron chi connectivity index (χ2n) is 2.74. The van der Waals surface area contributed by atoms with Crippen LogP contribution in [0.3, 0.4) is 0 Å². The highest BCUT2D eigenvalue weighted by Crippen LogP contribution is 2.15. The summed E-state index contributed by atoms with van der Waals surface area (Å²) in [5.41, 5.74) is 9.02. The van der Waals surface area contributed by atoms with Crippen LogP contribution in [-0.4, -0.2) is 12.8 Å². The minimum Gasteiger partial charge on any atom is -0.399 e. The maximum Gasteiger partial charge on any atom is 0.0430 e. The summed E-state index contributed by atoms with van der Waals surface area (Å²) < 4.78 is 0.